The smallest absolute Gasteiger partial charge is 0.341 e. The predicted octanol–water partition coefficient (Wildman–Crippen LogP) is 1.98. The quantitative estimate of drug-likeness (QED) is 0.512. The van der Waals surface area contributed by atoms with Gasteiger partial charge >= 0.3 is 5.97 Å². The minimum absolute atomic E-state index is 0.126. The molecule has 1 rings (SSSR count). The lowest BCUT2D eigenvalue weighted by Crippen LogP contribution is -2.14. The van der Waals surface area contributed by atoms with Crippen LogP contribution in [0.3, 0.4) is 0 Å². The van der Waals surface area contributed by atoms with Gasteiger partial charge in [0.25, 0.3) is 0 Å². The van der Waals surface area contributed by atoms with E-state index < -0.39 is 0 Å². The predicted molar refractivity (Wildman–Crippen MR) is 78.5 cm³/mol. The molecule has 0 aliphatic rings. The molecule has 21 heavy (non-hydrogen) atoms. The van der Waals surface area contributed by atoms with Gasteiger partial charge in [-0.2, -0.15) is 0 Å². The Morgan fingerprint density at radius 3 is 2.67 bits per heavy atom. The Balaban J connectivity index is 2.71. The molecule has 0 aliphatic heterocycles. The van der Waals surface area contributed by atoms with Crippen LogP contribution < -0.4 is 0 Å². The maximum atomic E-state index is 11.9. The average molecular weight is 296 g/mol. The molecule has 0 saturated heterocycles. The molecule has 0 N–H and O–H groups in total. The van der Waals surface area contributed by atoms with Gasteiger partial charge in [0, 0.05) is 19.7 Å². The van der Waals surface area contributed by atoms with Crippen molar-refractivity contribution < 1.29 is 19.0 Å². The second-order valence-corrected chi connectivity index (χ2v) is 4.82. The van der Waals surface area contributed by atoms with Crippen molar-refractivity contribution in [2.24, 2.45) is 0 Å². The van der Waals surface area contributed by atoms with Crippen LogP contribution in [0.25, 0.3) is 0 Å². The Hall–Kier alpha value is -1.53. The van der Waals surface area contributed by atoms with Crippen LogP contribution in [0.2, 0.25) is 0 Å². The van der Waals surface area contributed by atoms with E-state index in [0.29, 0.717) is 44.2 Å². The Kier molecular flexibility index (Phi) is 7.85. The zero-order valence-electron chi connectivity index (χ0n) is 13.2. The molecular weight excluding hydrogens is 272 g/mol. The molecule has 1 heterocycles. The van der Waals surface area contributed by atoms with Crippen molar-refractivity contribution in [2.45, 2.75) is 33.1 Å². The molecule has 0 amide bonds. The number of esters is 1. The summed E-state index contributed by atoms with van der Waals surface area (Å²) in [7, 11) is 1.63. The third kappa shape index (κ3) is 5.77. The topological polar surface area (TPSA) is 70.5 Å². The lowest BCUT2D eigenvalue weighted by Gasteiger charge is -2.12. The first-order valence-electron chi connectivity index (χ1n) is 7.19. The number of nitrogens with zero attached hydrogens (tertiary/aromatic N) is 2. The van der Waals surface area contributed by atoms with Crippen molar-refractivity contribution in [1.29, 1.82) is 0 Å². The van der Waals surface area contributed by atoms with Crippen LogP contribution in [0.1, 0.15) is 48.6 Å². The van der Waals surface area contributed by atoms with Gasteiger partial charge in [-0.3, -0.25) is 0 Å². The summed E-state index contributed by atoms with van der Waals surface area (Å²) in [5.41, 5.74) is 1.16. The maximum absolute atomic E-state index is 11.9. The number of hydrogen-bond acceptors (Lipinski definition) is 6. The molecule has 6 nitrogen and oxygen atoms in total. The molecule has 0 saturated carbocycles. The second-order valence-electron chi connectivity index (χ2n) is 4.82. The first-order valence-corrected chi connectivity index (χ1v) is 7.19. The average Bonchev–Trinajstić information content (AvgIpc) is 2.47. The lowest BCUT2D eigenvalue weighted by molar-refractivity contribution is 0.0523. The van der Waals surface area contributed by atoms with Crippen molar-refractivity contribution in [3.8, 4) is 0 Å². The number of carbonyl (C=O) groups excluding carboxylic acids is 1. The molecular formula is C15H24N2O4. The summed E-state index contributed by atoms with van der Waals surface area (Å²) in [5, 5.41) is 0. The number of hydrogen-bond donors (Lipinski definition) is 0. The second kappa shape index (κ2) is 9.41. The van der Waals surface area contributed by atoms with Crippen LogP contribution in [0, 0.1) is 0 Å². The standard InChI is InChI=1S/C15H24N2O4/c1-5-21-15(18)12-10-16-13(17-14(12)11(2)3)6-7-20-9-8-19-4/h10-11H,5-9H2,1-4H3. The van der Waals surface area contributed by atoms with Crippen LogP contribution >= 0.6 is 0 Å². The van der Waals surface area contributed by atoms with Crippen molar-refractivity contribution in [3.63, 3.8) is 0 Å². The van der Waals surface area contributed by atoms with Gasteiger partial charge in [0.15, 0.2) is 0 Å². The molecule has 0 spiro atoms. The minimum Gasteiger partial charge on any atom is -0.462 e. The van der Waals surface area contributed by atoms with Gasteiger partial charge in [-0.25, -0.2) is 14.8 Å². The molecule has 6 heteroatoms. The number of ether oxygens (including phenoxy) is 3. The van der Waals surface area contributed by atoms with Gasteiger partial charge in [-0.15, -0.1) is 0 Å². The zero-order valence-corrected chi connectivity index (χ0v) is 13.2. The van der Waals surface area contributed by atoms with E-state index in [1.54, 1.807) is 20.2 Å². The van der Waals surface area contributed by atoms with Gasteiger partial charge in [0.1, 0.15) is 5.82 Å². The Morgan fingerprint density at radius 2 is 2.05 bits per heavy atom. The first-order chi connectivity index (χ1) is 10.1. The summed E-state index contributed by atoms with van der Waals surface area (Å²) >= 11 is 0. The van der Waals surface area contributed by atoms with Gasteiger partial charge in [-0.1, -0.05) is 13.8 Å². The van der Waals surface area contributed by atoms with E-state index in [1.807, 2.05) is 13.8 Å². The largest absolute Gasteiger partial charge is 0.462 e. The number of carbonyl (C=O) groups is 1. The van der Waals surface area contributed by atoms with Gasteiger partial charge in [-0.05, 0) is 12.8 Å². The highest BCUT2D eigenvalue weighted by molar-refractivity contribution is 5.90. The van der Waals surface area contributed by atoms with Crippen LogP contribution in [-0.2, 0) is 20.6 Å². The molecule has 0 bridgehead atoms. The Morgan fingerprint density at radius 1 is 1.29 bits per heavy atom. The number of aromatic nitrogens is 2. The van der Waals surface area contributed by atoms with Crippen LogP contribution in [0.4, 0.5) is 0 Å². The van der Waals surface area contributed by atoms with E-state index in [9.17, 15) is 4.79 Å². The summed E-state index contributed by atoms with van der Waals surface area (Å²) in [6.45, 7) is 7.74. The normalized spacial score (nSPS) is 10.9. The summed E-state index contributed by atoms with van der Waals surface area (Å²) in [6, 6.07) is 0. The van der Waals surface area contributed by atoms with E-state index >= 15 is 0 Å². The van der Waals surface area contributed by atoms with E-state index in [1.165, 1.54) is 0 Å². The van der Waals surface area contributed by atoms with E-state index in [0.717, 1.165) is 5.69 Å². The minimum atomic E-state index is -0.371. The van der Waals surface area contributed by atoms with Crippen molar-refractivity contribution in [1.82, 2.24) is 9.97 Å². The highest BCUT2D eigenvalue weighted by atomic mass is 16.5. The van der Waals surface area contributed by atoms with Crippen LogP contribution in [-0.4, -0.2) is 49.5 Å². The highest BCUT2D eigenvalue weighted by Gasteiger charge is 2.17. The molecule has 1 aromatic rings. The monoisotopic (exact) mass is 296 g/mol. The van der Waals surface area contributed by atoms with E-state index in [-0.39, 0.29) is 11.9 Å². The van der Waals surface area contributed by atoms with Crippen molar-refractivity contribution in [3.05, 3.63) is 23.3 Å². The summed E-state index contributed by atoms with van der Waals surface area (Å²) in [5.74, 6) is 0.425. The van der Waals surface area contributed by atoms with Gasteiger partial charge in [0.05, 0.1) is 37.7 Å². The Bertz CT molecular complexity index is 449. The zero-order chi connectivity index (χ0) is 15.7. The maximum Gasteiger partial charge on any atom is 0.341 e. The van der Waals surface area contributed by atoms with Crippen LogP contribution in [0.15, 0.2) is 6.20 Å². The third-order valence-corrected chi connectivity index (χ3v) is 2.81. The molecule has 0 aromatic carbocycles. The summed E-state index contributed by atoms with van der Waals surface area (Å²) in [4.78, 5) is 20.6. The van der Waals surface area contributed by atoms with E-state index in [4.69, 9.17) is 14.2 Å². The first kappa shape index (κ1) is 17.5. The van der Waals surface area contributed by atoms with Crippen molar-refractivity contribution in [2.75, 3.05) is 33.5 Å². The molecule has 0 radical (unpaired) electrons. The molecule has 0 unspecified atom stereocenters. The fourth-order valence-corrected chi connectivity index (χ4v) is 1.77. The SMILES string of the molecule is CCOC(=O)c1cnc(CCOCCOC)nc1C(C)C. The molecule has 0 aliphatic carbocycles. The summed E-state index contributed by atoms with van der Waals surface area (Å²) in [6.07, 6.45) is 2.15. The molecule has 0 atom stereocenters. The lowest BCUT2D eigenvalue weighted by atomic mass is 10.1. The fraction of sp³-hybridized carbons (Fsp3) is 0.667. The van der Waals surface area contributed by atoms with Gasteiger partial charge < -0.3 is 14.2 Å². The molecule has 118 valence electrons. The molecule has 1 aromatic heterocycles. The number of rotatable bonds is 9. The van der Waals surface area contributed by atoms with Crippen molar-refractivity contribution >= 4 is 5.97 Å². The van der Waals surface area contributed by atoms with E-state index in [2.05, 4.69) is 9.97 Å². The van der Waals surface area contributed by atoms with Crippen LogP contribution in [0.5, 0.6) is 0 Å². The number of methoxy groups -OCH3 is 1. The highest BCUT2D eigenvalue weighted by Crippen LogP contribution is 2.17. The fourth-order valence-electron chi connectivity index (χ4n) is 1.77. The Labute approximate surface area is 125 Å². The molecule has 0 fully saturated rings. The third-order valence-electron chi connectivity index (χ3n) is 2.81. The summed E-state index contributed by atoms with van der Waals surface area (Å²) < 4.78 is 15.3. The van der Waals surface area contributed by atoms with Gasteiger partial charge in [0.2, 0.25) is 0 Å².